The second-order valence-electron chi connectivity index (χ2n) is 4.10. The van der Waals surface area contributed by atoms with Crippen molar-refractivity contribution >= 4 is 44.0 Å². The van der Waals surface area contributed by atoms with Crippen molar-refractivity contribution in [3.63, 3.8) is 0 Å². The number of fused-ring (bicyclic) bond motifs is 1. The summed E-state index contributed by atoms with van der Waals surface area (Å²) >= 11 is 0.743. The molecular weight excluding hydrogens is 310 g/mol. The standard InChI is InChI=1S/C10H9NO7S2/c12-7(10(15)16)11-8-6(9(13)14)4-1-2-20(17,18)3-5(4)19-8/h1-3H2,(H,11,12)(H,13,14)(H,15,16)/p-1. The minimum Gasteiger partial charge on any atom is -0.545 e. The molecule has 1 aromatic heterocycles. The number of amides is 1. The highest BCUT2D eigenvalue weighted by molar-refractivity contribution is 7.90. The maximum atomic E-state index is 11.5. The fourth-order valence-corrected chi connectivity index (χ4v) is 4.92. The van der Waals surface area contributed by atoms with Gasteiger partial charge in [0, 0.05) is 10.4 Å². The molecule has 2 rings (SSSR count). The average Bonchev–Trinajstić information content (AvgIpc) is 2.64. The molecule has 10 heteroatoms. The Morgan fingerprint density at radius 3 is 2.50 bits per heavy atom. The van der Waals surface area contributed by atoms with Crippen LogP contribution in [0.3, 0.4) is 0 Å². The molecule has 1 aromatic rings. The quantitative estimate of drug-likeness (QED) is 0.639. The van der Waals surface area contributed by atoms with Crippen molar-refractivity contribution in [2.24, 2.45) is 0 Å². The van der Waals surface area contributed by atoms with Gasteiger partial charge in [0.15, 0.2) is 9.84 Å². The molecule has 0 unspecified atom stereocenters. The largest absolute Gasteiger partial charge is 0.545 e. The number of anilines is 1. The van der Waals surface area contributed by atoms with E-state index in [0.29, 0.717) is 0 Å². The van der Waals surface area contributed by atoms with E-state index in [1.54, 1.807) is 0 Å². The predicted octanol–water partition coefficient (Wildman–Crippen LogP) is -1.39. The number of carboxylic acids is 2. The summed E-state index contributed by atoms with van der Waals surface area (Å²) in [5, 5.41) is 21.3. The third-order valence-electron chi connectivity index (χ3n) is 2.73. The first-order valence-electron chi connectivity index (χ1n) is 5.32. The van der Waals surface area contributed by atoms with Gasteiger partial charge in [-0.3, -0.25) is 4.79 Å². The van der Waals surface area contributed by atoms with Gasteiger partial charge in [0.05, 0.1) is 17.5 Å². The third-order valence-corrected chi connectivity index (χ3v) is 5.62. The molecule has 8 nitrogen and oxygen atoms in total. The smallest absolute Gasteiger partial charge is 0.394 e. The monoisotopic (exact) mass is 318 g/mol. The summed E-state index contributed by atoms with van der Waals surface area (Å²) in [7, 11) is -3.30. The van der Waals surface area contributed by atoms with E-state index in [9.17, 15) is 27.9 Å². The molecule has 0 fully saturated rings. The van der Waals surface area contributed by atoms with Crippen molar-refractivity contribution in [1.82, 2.24) is 0 Å². The molecule has 108 valence electrons. The van der Waals surface area contributed by atoms with Crippen LogP contribution in [0.5, 0.6) is 0 Å². The van der Waals surface area contributed by atoms with Gasteiger partial charge >= 0.3 is 11.9 Å². The van der Waals surface area contributed by atoms with E-state index in [-0.39, 0.29) is 38.9 Å². The number of hydrogen-bond acceptors (Lipinski definition) is 7. The lowest BCUT2D eigenvalue weighted by molar-refractivity contribution is -0.255. The van der Waals surface area contributed by atoms with Gasteiger partial charge in [0.1, 0.15) is 5.00 Å². The van der Waals surface area contributed by atoms with Gasteiger partial charge in [-0.15, -0.1) is 11.3 Å². The molecule has 1 aliphatic rings. The highest BCUT2D eigenvalue weighted by Crippen LogP contribution is 2.37. The maximum absolute atomic E-state index is 11.5. The van der Waals surface area contributed by atoms with Crippen molar-refractivity contribution in [3.05, 3.63) is 16.0 Å². The van der Waals surface area contributed by atoms with Crippen LogP contribution in [-0.2, 0) is 31.6 Å². The van der Waals surface area contributed by atoms with Crippen LogP contribution in [0.2, 0.25) is 0 Å². The van der Waals surface area contributed by atoms with Gasteiger partial charge in [0.2, 0.25) is 0 Å². The summed E-state index contributed by atoms with van der Waals surface area (Å²) in [6.07, 6.45) is 0.000419. The molecule has 0 saturated heterocycles. The molecule has 0 atom stereocenters. The second-order valence-corrected chi connectivity index (χ2v) is 7.39. The number of carboxylic acid groups (broad SMARTS) is 2. The Morgan fingerprint density at radius 2 is 1.95 bits per heavy atom. The number of hydrogen-bond donors (Lipinski definition) is 2. The van der Waals surface area contributed by atoms with Crippen LogP contribution in [-0.4, -0.2) is 37.1 Å². The summed E-state index contributed by atoms with van der Waals surface area (Å²) in [5.41, 5.74) is -0.0555. The Hall–Kier alpha value is -1.94. The summed E-state index contributed by atoms with van der Waals surface area (Å²) < 4.78 is 23.0. The normalized spacial score (nSPS) is 16.2. The lowest BCUT2D eigenvalue weighted by Gasteiger charge is -2.14. The van der Waals surface area contributed by atoms with Crippen LogP contribution in [0, 0.1) is 0 Å². The minimum atomic E-state index is -3.30. The lowest BCUT2D eigenvalue weighted by atomic mass is 10.1. The molecule has 1 amide bonds. The van der Waals surface area contributed by atoms with Crippen LogP contribution in [0.4, 0.5) is 5.00 Å². The lowest BCUT2D eigenvalue weighted by Crippen LogP contribution is -2.28. The van der Waals surface area contributed by atoms with E-state index >= 15 is 0 Å². The van der Waals surface area contributed by atoms with Gasteiger partial charge in [-0.05, 0) is 12.0 Å². The first-order chi connectivity index (χ1) is 9.21. The number of aliphatic carboxylic acids is 1. The van der Waals surface area contributed by atoms with Gasteiger partial charge in [-0.25, -0.2) is 13.2 Å². The van der Waals surface area contributed by atoms with Crippen LogP contribution >= 0.6 is 11.3 Å². The summed E-state index contributed by atoms with van der Waals surface area (Å²) in [4.78, 5) is 33.0. The first-order valence-corrected chi connectivity index (χ1v) is 7.95. The summed E-state index contributed by atoms with van der Waals surface area (Å²) in [5.74, 6) is -5.26. The van der Waals surface area contributed by atoms with Crippen LogP contribution in [0.1, 0.15) is 20.8 Å². The zero-order valence-corrected chi connectivity index (χ0v) is 11.5. The van der Waals surface area contributed by atoms with E-state index in [4.69, 9.17) is 5.11 Å². The molecule has 0 radical (unpaired) electrons. The van der Waals surface area contributed by atoms with Gasteiger partial charge in [0.25, 0.3) is 0 Å². The van der Waals surface area contributed by atoms with Gasteiger partial charge in [-0.2, -0.15) is 0 Å². The highest BCUT2D eigenvalue weighted by atomic mass is 32.2. The van der Waals surface area contributed by atoms with E-state index in [2.05, 4.69) is 0 Å². The van der Waals surface area contributed by atoms with Crippen molar-refractivity contribution in [3.8, 4) is 0 Å². The fourth-order valence-electron chi connectivity index (χ4n) is 1.88. The van der Waals surface area contributed by atoms with E-state index in [1.807, 2.05) is 5.32 Å². The van der Waals surface area contributed by atoms with Gasteiger partial charge < -0.3 is 20.3 Å². The van der Waals surface area contributed by atoms with Crippen molar-refractivity contribution in [2.45, 2.75) is 12.2 Å². The van der Waals surface area contributed by atoms with Crippen LogP contribution in [0.15, 0.2) is 0 Å². The average molecular weight is 318 g/mol. The van der Waals surface area contributed by atoms with Gasteiger partial charge in [-0.1, -0.05) is 0 Å². The second kappa shape index (κ2) is 4.87. The molecule has 0 bridgehead atoms. The number of aromatic carboxylic acids is 1. The maximum Gasteiger partial charge on any atom is 0.394 e. The first kappa shape index (κ1) is 14.5. The Balaban J connectivity index is 2.48. The molecule has 2 heterocycles. The van der Waals surface area contributed by atoms with E-state index in [0.717, 1.165) is 11.3 Å². The topological polar surface area (TPSA) is 141 Å². The third kappa shape index (κ3) is 2.65. The molecule has 0 aliphatic carbocycles. The van der Waals surface area contributed by atoms with Crippen molar-refractivity contribution in [2.75, 3.05) is 11.1 Å². The number of sulfone groups is 1. The zero-order chi connectivity index (χ0) is 15.1. The van der Waals surface area contributed by atoms with Crippen LogP contribution < -0.4 is 10.4 Å². The molecule has 1 aliphatic heterocycles. The molecule has 0 saturated carbocycles. The van der Waals surface area contributed by atoms with Crippen molar-refractivity contribution < 1.29 is 33.0 Å². The highest BCUT2D eigenvalue weighted by Gasteiger charge is 2.29. The molecule has 0 aromatic carbocycles. The number of nitrogens with one attached hydrogen (secondary N) is 1. The van der Waals surface area contributed by atoms with E-state index < -0.39 is 27.7 Å². The van der Waals surface area contributed by atoms with E-state index in [1.165, 1.54) is 0 Å². The minimum absolute atomic E-state index is 0.000419. The molecule has 2 N–H and O–H groups in total. The van der Waals surface area contributed by atoms with Crippen molar-refractivity contribution in [1.29, 1.82) is 0 Å². The molecular formula is C10H8NO7S2-. The molecule has 0 spiro atoms. The summed E-state index contributed by atoms with van der Waals surface area (Å²) in [6.45, 7) is 0. The molecule has 20 heavy (non-hydrogen) atoms. The Bertz CT molecular complexity index is 716. The Kier molecular flexibility index (Phi) is 3.52. The fraction of sp³-hybridized carbons (Fsp3) is 0.300. The Labute approximate surface area is 117 Å². The number of carbonyl (C=O) groups is 3. The number of thiophene rings is 1. The Morgan fingerprint density at radius 1 is 1.30 bits per heavy atom. The zero-order valence-electron chi connectivity index (χ0n) is 9.83. The SMILES string of the molecule is O=C(O)C(=O)Nc1sc2c(c1C(=O)[O-])CCS(=O)(=O)C2. The predicted molar refractivity (Wildman–Crippen MR) is 66.1 cm³/mol. The van der Waals surface area contributed by atoms with Crippen LogP contribution in [0.25, 0.3) is 0 Å². The number of carbonyl (C=O) groups excluding carboxylic acids is 2. The number of rotatable bonds is 2. The summed E-state index contributed by atoms with van der Waals surface area (Å²) in [6, 6.07) is 0.